The lowest BCUT2D eigenvalue weighted by atomic mass is 9.78. The molecule has 0 spiro atoms. The number of nitrogens with zero attached hydrogens (tertiary/aromatic N) is 1. The zero-order valence-electron chi connectivity index (χ0n) is 37.0. The topological polar surface area (TPSA) is 195 Å². The van der Waals surface area contributed by atoms with Gasteiger partial charge in [-0.1, -0.05) is 51.5 Å². The molecule has 4 aliphatic rings. The molecule has 14 heteroatoms. The number of carbonyl (C=O) groups excluding carboxylic acids is 4. The molecule has 4 rings (SSSR count). The molecular formula is C46H71NO13. The highest BCUT2D eigenvalue weighted by molar-refractivity contribution is 6.39. The number of esters is 1. The summed E-state index contributed by atoms with van der Waals surface area (Å²) in [5.41, 5.74) is 1.61. The Hall–Kier alpha value is -3.27. The highest BCUT2D eigenvalue weighted by atomic mass is 16.7. The van der Waals surface area contributed by atoms with E-state index in [1.807, 2.05) is 39.8 Å². The van der Waals surface area contributed by atoms with E-state index in [1.54, 1.807) is 19.9 Å². The summed E-state index contributed by atoms with van der Waals surface area (Å²) in [6.45, 7) is 14.7. The Morgan fingerprint density at radius 2 is 1.67 bits per heavy atom. The third-order valence-corrected chi connectivity index (χ3v) is 13.3. The Morgan fingerprint density at radius 3 is 2.30 bits per heavy atom. The number of aliphatic hydroxyl groups is 2. The molecule has 1 unspecified atom stereocenters. The number of amides is 1. The zero-order chi connectivity index (χ0) is 44.5. The van der Waals surface area contributed by atoms with E-state index in [4.69, 9.17) is 28.8 Å². The van der Waals surface area contributed by atoms with Gasteiger partial charge in [-0.15, -0.1) is 6.58 Å². The minimum Gasteiger partial charge on any atom is -0.480 e. The number of fused-ring (bicyclic) bond motifs is 3. The number of hydrogen-bond donors (Lipinski definition) is 3. The van der Waals surface area contributed by atoms with Gasteiger partial charge < -0.3 is 43.9 Å². The number of hydrogen-bond acceptors (Lipinski definition) is 12. The maximum atomic E-state index is 14.4. The molecule has 3 heterocycles. The van der Waals surface area contributed by atoms with Gasteiger partial charge in [-0.25, -0.2) is 9.59 Å². The molecule has 14 atom stereocenters. The van der Waals surface area contributed by atoms with Crippen LogP contribution in [0.2, 0.25) is 0 Å². The van der Waals surface area contributed by atoms with Crippen LogP contribution >= 0.6 is 0 Å². The number of rotatable bonds is 9. The first-order valence-corrected chi connectivity index (χ1v) is 21.9. The predicted molar refractivity (Wildman–Crippen MR) is 222 cm³/mol. The fourth-order valence-electron chi connectivity index (χ4n) is 9.86. The Balaban J connectivity index is 1.75. The maximum Gasteiger partial charge on any atom is 0.329 e. The molecule has 3 aliphatic heterocycles. The summed E-state index contributed by atoms with van der Waals surface area (Å²) < 4.78 is 29.9. The summed E-state index contributed by atoms with van der Waals surface area (Å²) in [6.07, 6.45) is 5.83. The number of carboxylic acid groups (broad SMARTS) is 1. The molecule has 3 N–H and O–H groups in total. The normalized spacial score (nSPS) is 39.4. The van der Waals surface area contributed by atoms with Gasteiger partial charge in [0.15, 0.2) is 0 Å². The highest BCUT2D eigenvalue weighted by Gasteiger charge is 2.56. The number of carbonyl (C=O) groups is 5. The second kappa shape index (κ2) is 22.2. The Labute approximate surface area is 356 Å². The molecule has 1 aliphatic carbocycles. The van der Waals surface area contributed by atoms with Crippen molar-refractivity contribution in [2.75, 3.05) is 27.4 Å². The number of aliphatic hydroxyl groups excluding tert-OH is 1. The zero-order valence-corrected chi connectivity index (χ0v) is 37.0. The van der Waals surface area contributed by atoms with Gasteiger partial charge in [-0.05, 0) is 101 Å². The van der Waals surface area contributed by atoms with E-state index < -0.39 is 83.7 Å². The van der Waals surface area contributed by atoms with E-state index in [0.717, 1.165) is 5.57 Å². The van der Waals surface area contributed by atoms with Gasteiger partial charge >= 0.3 is 11.9 Å². The van der Waals surface area contributed by atoms with Crippen LogP contribution in [-0.4, -0.2) is 125 Å². The standard InChI is InChI=1S/C46H71NO13/c1-10-13-33-19-26(2)18-27(3)20-38(56-8)42-39(57-9)23-30(6)46(55,60-42)43(52)44(53)47-17-12-11-14-34(47)45(54)59-41(31(7)35(48)24-36(33)49)29(5)22-32-15-16-37(28(4)21-32)58-25-40(50)51/h10,19,22,27-28,30-35,37-39,41-42,48,55H,1,11-18,20-21,23-25H2,2-9H3,(H,50,51)/b26-19+,29-22+/t27-,28+,30+,31+,32?,33+,34-,35-,37+,38-,39-,41+,42+,46+/m0/s1. The fourth-order valence-corrected chi connectivity index (χ4v) is 9.86. The summed E-state index contributed by atoms with van der Waals surface area (Å²) >= 11 is 0. The molecule has 0 aromatic heterocycles. The first-order chi connectivity index (χ1) is 28.3. The van der Waals surface area contributed by atoms with Crippen LogP contribution in [0.5, 0.6) is 0 Å². The van der Waals surface area contributed by atoms with E-state index in [0.29, 0.717) is 56.9 Å². The van der Waals surface area contributed by atoms with Crippen molar-refractivity contribution in [3.8, 4) is 0 Å². The van der Waals surface area contributed by atoms with Crippen LogP contribution in [-0.2, 0) is 47.7 Å². The molecule has 0 aromatic rings. The molecule has 1 amide bonds. The minimum absolute atomic E-state index is 0.000573. The molecule has 3 fully saturated rings. The minimum atomic E-state index is -2.52. The van der Waals surface area contributed by atoms with Gasteiger partial charge in [0.1, 0.15) is 30.6 Å². The first kappa shape index (κ1) is 49.4. The molecule has 0 aromatic carbocycles. The third kappa shape index (κ3) is 12.2. The largest absolute Gasteiger partial charge is 0.480 e. The van der Waals surface area contributed by atoms with Crippen molar-refractivity contribution in [2.24, 2.45) is 35.5 Å². The van der Waals surface area contributed by atoms with E-state index >= 15 is 0 Å². The quantitative estimate of drug-likeness (QED) is 0.153. The van der Waals surface area contributed by atoms with Crippen molar-refractivity contribution in [2.45, 2.75) is 161 Å². The average Bonchev–Trinajstić information content (AvgIpc) is 3.20. The SMILES string of the molecule is C=CC[C@@H]1/C=C(\C)C[C@H](C)C[C@H](OC)[C@H]2O[C@@](O)(C(=O)C(=O)N3CCCC[C@H]3C(=O)O[C@H](/C(C)=C/C3CC[C@@H](OCC(=O)O)[C@H](C)C3)[C@H](C)[C@@H](O)CC1=O)[C@H](C)C[C@@H]2OC. The van der Waals surface area contributed by atoms with Gasteiger partial charge in [0.2, 0.25) is 5.79 Å². The lowest BCUT2D eigenvalue weighted by Crippen LogP contribution is -2.64. The van der Waals surface area contributed by atoms with Crippen LogP contribution in [0.15, 0.2) is 36.0 Å². The number of piperidine rings is 1. The van der Waals surface area contributed by atoms with Gasteiger partial charge in [0, 0.05) is 44.9 Å². The van der Waals surface area contributed by atoms with Gasteiger partial charge in [-0.3, -0.25) is 14.4 Å². The van der Waals surface area contributed by atoms with Crippen LogP contribution < -0.4 is 0 Å². The average molecular weight is 846 g/mol. The van der Waals surface area contributed by atoms with E-state index in [9.17, 15) is 34.2 Å². The highest BCUT2D eigenvalue weighted by Crippen LogP contribution is 2.39. The monoisotopic (exact) mass is 845 g/mol. The van der Waals surface area contributed by atoms with Gasteiger partial charge in [0.25, 0.3) is 11.7 Å². The van der Waals surface area contributed by atoms with Crippen molar-refractivity contribution >= 4 is 29.4 Å². The number of carboxylic acids is 1. The van der Waals surface area contributed by atoms with Crippen molar-refractivity contribution in [1.29, 1.82) is 0 Å². The van der Waals surface area contributed by atoms with Crippen molar-refractivity contribution in [3.05, 3.63) is 36.0 Å². The maximum absolute atomic E-state index is 14.4. The van der Waals surface area contributed by atoms with Crippen LogP contribution in [0.25, 0.3) is 0 Å². The number of methoxy groups -OCH3 is 2. The molecule has 60 heavy (non-hydrogen) atoms. The molecule has 0 radical (unpaired) electrons. The lowest BCUT2D eigenvalue weighted by Gasteiger charge is -2.47. The molecule has 1 saturated carbocycles. The predicted octanol–water partition coefficient (Wildman–Crippen LogP) is 5.37. The Morgan fingerprint density at radius 1 is 0.983 bits per heavy atom. The van der Waals surface area contributed by atoms with Crippen LogP contribution in [0, 0.1) is 35.5 Å². The van der Waals surface area contributed by atoms with Crippen LogP contribution in [0.3, 0.4) is 0 Å². The Kier molecular flexibility index (Phi) is 18.3. The summed E-state index contributed by atoms with van der Waals surface area (Å²) in [5, 5.41) is 32.9. The lowest BCUT2D eigenvalue weighted by molar-refractivity contribution is -0.302. The summed E-state index contributed by atoms with van der Waals surface area (Å²) in [4.78, 5) is 69.2. The molecule has 2 bridgehead atoms. The summed E-state index contributed by atoms with van der Waals surface area (Å²) in [7, 11) is 3.04. The smallest absolute Gasteiger partial charge is 0.329 e. The Bertz CT molecular complexity index is 1590. The van der Waals surface area contributed by atoms with Gasteiger partial charge in [-0.2, -0.15) is 0 Å². The number of allylic oxidation sites excluding steroid dienone is 4. The second-order valence-corrected chi connectivity index (χ2v) is 18.2. The van der Waals surface area contributed by atoms with Crippen molar-refractivity contribution < 1.29 is 63.0 Å². The number of ether oxygens (including phenoxy) is 5. The van der Waals surface area contributed by atoms with E-state index in [1.165, 1.54) is 19.1 Å². The third-order valence-electron chi connectivity index (χ3n) is 13.3. The van der Waals surface area contributed by atoms with Crippen molar-refractivity contribution in [1.82, 2.24) is 4.90 Å². The fraction of sp³-hybridized carbons (Fsp3) is 0.761. The summed E-state index contributed by atoms with van der Waals surface area (Å²) in [5.74, 6) is -8.78. The number of Topliss-reactive ketones (excluding diaryl/α,β-unsaturated/α-hetero) is 2. The van der Waals surface area contributed by atoms with Gasteiger partial charge in [0.05, 0.1) is 24.4 Å². The molecule has 338 valence electrons. The molecule has 2 saturated heterocycles. The first-order valence-electron chi connectivity index (χ1n) is 21.9. The number of cyclic esters (lactones) is 1. The van der Waals surface area contributed by atoms with Crippen LogP contribution in [0.1, 0.15) is 112 Å². The molecular weight excluding hydrogens is 774 g/mol. The van der Waals surface area contributed by atoms with Crippen LogP contribution in [0.4, 0.5) is 0 Å². The number of aliphatic carboxylic acids is 1. The van der Waals surface area contributed by atoms with Crippen molar-refractivity contribution in [3.63, 3.8) is 0 Å². The number of ketones is 2. The van der Waals surface area contributed by atoms with E-state index in [-0.39, 0.29) is 62.1 Å². The summed E-state index contributed by atoms with van der Waals surface area (Å²) in [6, 6.07) is -1.16. The second-order valence-electron chi connectivity index (χ2n) is 18.2. The molecule has 14 nitrogen and oxygen atoms in total. The van der Waals surface area contributed by atoms with E-state index in [2.05, 4.69) is 6.58 Å².